The number of aromatic nitrogens is 4. The fraction of sp³-hybridized carbons (Fsp3) is 0.0625. The van der Waals surface area contributed by atoms with Gasteiger partial charge in [0.05, 0.1) is 12.1 Å². The molecular weight excluding hydrogens is 318 g/mol. The van der Waals surface area contributed by atoms with E-state index >= 15 is 0 Å². The highest BCUT2D eigenvalue weighted by molar-refractivity contribution is 6.26. The lowest BCUT2D eigenvalue weighted by molar-refractivity contribution is 0.0967. The number of halogens is 2. The van der Waals surface area contributed by atoms with Crippen LogP contribution in [0.4, 0.5) is 8.78 Å². The molecule has 8 heteroatoms. The summed E-state index contributed by atoms with van der Waals surface area (Å²) in [5.41, 5.74) is 0.323. The fourth-order valence-corrected chi connectivity index (χ4v) is 2.69. The van der Waals surface area contributed by atoms with Crippen molar-refractivity contribution in [2.75, 3.05) is 0 Å². The molecule has 6 nitrogen and oxygen atoms in total. The molecule has 118 valence electrons. The monoisotopic (exact) mass is 326 g/mol. The average molecular weight is 326 g/mol. The summed E-state index contributed by atoms with van der Waals surface area (Å²) in [7, 11) is 0. The molecule has 4 rings (SSSR count). The highest BCUT2D eigenvalue weighted by Crippen LogP contribution is 2.24. The largest absolute Gasteiger partial charge is 0.287 e. The van der Waals surface area contributed by atoms with Crippen LogP contribution in [-0.4, -0.2) is 31.5 Å². The fourth-order valence-electron chi connectivity index (χ4n) is 2.69. The van der Waals surface area contributed by atoms with Crippen LogP contribution < -0.4 is 0 Å². The van der Waals surface area contributed by atoms with Gasteiger partial charge in [-0.05, 0) is 29.8 Å². The summed E-state index contributed by atoms with van der Waals surface area (Å²) in [6, 6.07) is 6.04. The summed E-state index contributed by atoms with van der Waals surface area (Å²) < 4.78 is 27.8. The summed E-state index contributed by atoms with van der Waals surface area (Å²) in [5.74, 6) is -2.44. The van der Waals surface area contributed by atoms with E-state index < -0.39 is 23.2 Å². The normalized spacial score (nSPS) is 12.9. The maximum Gasteiger partial charge on any atom is 0.232 e. The molecule has 0 saturated carbocycles. The first-order valence-electron chi connectivity index (χ1n) is 6.97. The Labute approximate surface area is 133 Å². The van der Waals surface area contributed by atoms with Crippen LogP contribution in [0.2, 0.25) is 0 Å². The molecule has 0 bridgehead atoms. The number of fused-ring (bicyclic) bond motifs is 2. The second-order valence-electron chi connectivity index (χ2n) is 5.28. The van der Waals surface area contributed by atoms with Gasteiger partial charge in [0.25, 0.3) is 0 Å². The van der Waals surface area contributed by atoms with Gasteiger partial charge in [0.2, 0.25) is 11.6 Å². The quantitative estimate of drug-likeness (QED) is 0.561. The number of hydrogen-bond acceptors (Lipinski definition) is 5. The van der Waals surface area contributed by atoms with Gasteiger partial charge in [0.15, 0.2) is 5.69 Å². The molecule has 0 spiro atoms. The third-order valence-electron chi connectivity index (χ3n) is 3.69. The molecule has 1 aliphatic carbocycles. The molecule has 3 aromatic rings. The molecular formula is C16H8F2N4O2. The predicted molar refractivity (Wildman–Crippen MR) is 76.6 cm³/mol. The lowest BCUT2D eigenvalue weighted by Crippen LogP contribution is -2.24. The molecule has 24 heavy (non-hydrogen) atoms. The van der Waals surface area contributed by atoms with Crippen molar-refractivity contribution in [1.29, 1.82) is 0 Å². The summed E-state index contributed by atoms with van der Waals surface area (Å²) in [6.07, 6.45) is 1.41. The van der Waals surface area contributed by atoms with Crippen LogP contribution in [0.1, 0.15) is 37.8 Å². The van der Waals surface area contributed by atoms with Crippen LogP contribution in [0.15, 0.2) is 36.5 Å². The highest BCUT2D eigenvalue weighted by atomic mass is 19.1. The van der Waals surface area contributed by atoms with E-state index in [2.05, 4.69) is 15.3 Å². The van der Waals surface area contributed by atoms with E-state index in [1.165, 1.54) is 12.3 Å². The van der Waals surface area contributed by atoms with Crippen LogP contribution in [0, 0.1) is 11.6 Å². The standard InChI is InChI=1S/C16H8F2N4O2/c17-9-4-8(5-10(18)6-9)7-22-14-13(20-21-22)15(23)11-2-1-3-19-12(11)16(14)24/h1-6H,7H2. The minimum absolute atomic E-state index is 0.0176. The minimum Gasteiger partial charge on any atom is -0.287 e. The van der Waals surface area contributed by atoms with Crippen LogP contribution in [-0.2, 0) is 6.54 Å². The van der Waals surface area contributed by atoms with Gasteiger partial charge in [0.1, 0.15) is 23.0 Å². The van der Waals surface area contributed by atoms with Gasteiger partial charge in [0, 0.05) is 12.3 Å². The SMILES string of the molecule is O=C1c2cccnc2C(=O)c2c1nnn2Cc1cc(F)cc(F)c1. The van der Waals surface area contributed by atoms with Gasteiger partial charge in [-0.15, -0.1) is 5.10 Å². The minimum atomic E-state index is -0.742. The number of hydrogen-bond donors (Lipinski definition) is 0. The van der Waals surface area contributed by atoms with E-state index in [0.717, 1.165) is 22.9 Å². The summed E-state index contributed by atoms with van der Waals surface area (Å²) in [6.45, 7) is -0.0990. The van der Waals surface area contributed by atoms with Crippen molar-refractivity contribution in [3.05, 3.63) is 76.4 Å². The lowest BCUT2D eigenvalue weighted by atomic mass is 9.94. The Hall–Kier alpha value is -3.29. The molecule has 0 unspecified atom stereocenters. The Morgan fingerprint density at radius 1 is 1.00 bits per heavy atom. The van der Waals surface area contributed by atoms with E-state index in [-0.39, 0.29) is 34.8 Å². The zero-order valence-corrected chi connectivity index (χ0v) is 12.0. The van der Waals surface area contributed by atoms with Crippen molar-refractivity contribution in [1.82, 2.24) is 20.0 Å². The van der Waals surface area contributed by atoms with Gasteiger partial charge in [-0.1, -0.05) is 5.21 Å². The van der Waals surface area contributed by atoms with Gasteiger partial charge in [-0.2, -0.15) is 0 Å². The number of nitrogens with zero attached hydrogens (tertiary/aromatic N) is 4. The van der Waals surface area contributed by atoms with Crippen molar-refractivity contribution < 1.29 is 18.4 Å². The van der Waals surface area contributed by atoms with E-state index in [1.54, 1.807) is 6.07 Å². The third-order valence-corrected chi connectivity index (χ3v) is 3.69. The second kappa shape index (κ2) is 5.12. The van der Waals surface area contributed by atoms with E-state index in [9.17, 15) is 18.4 Å². The van der Waals surface area contributed by atoms with Crippen LogP contribution >= 0.6 is 0 Å². The Morgan fingerprint density at radius 3 is 2.50 bits per heavy atom. The van der Waals surface area contributed by atoms with Crippen LogP contribution in [0.25, 0.3) is 0 Å². The highest BCUT2D eigenvalue weighted by Gasteiger charge is 2.36. The number of carbonyl (C=O) groups excluding carboxylic acids is 2. The lowest BCUT2D eigenvalue weighted by Gasteiger charge is -2.13. The van der Waals surface area contributed by atoms with E-state index in [0.29, 0.717) is 0 Å². The zero-order valence-electron chi connectivity index (χ0n) is 12.0. The van der Waals surface area contributed by atoms with Gasteiger partial charge < -0.3 is 0 Å². The van der Waals surface area contributed by atoms with Crippen LogP contribution in [0.5, 0.6) is 0 Å². The number of carbonyl (C=O) groups is 2. The smallest absolute Gasteiger partial charge is 0.232 e. The molecule has 0 aliphatic heterocycles. The molecule has 2 heterocycles. The Morgan fingerprint density at radius 2 is 1.75 bits per heavy atom. The Kier molecular flexibility index (Phi) is 3.05. The first-order valence-corrected chi connectivity index (χ1v) is 6.97. The first kappa shape index (κ1) is 14.3. The second-order valence-corrected chi connectivity index (χ2v) is 5.28. The molecule has 1 aliphatic rings. The van der Waals surface area contributed by atoms with Crippen molar-refractivity contribution in [3.8, 4) is 0 Å². The topological polar surface area (TPSA) is 77.7 Å². The number of rotatable bonds is 2. The van der Waals surface area contributed by atoms with Gasteiger partial charge >= 0.3 is 0 Å². The predicted octanol–water partition coefficient (Wildman–Crippen LogP) is 1.77. The molecule has 0 amide bonds. The first-order chi connectivity index (χ1) is 11.5. The molecule has 0 radical (unpaired) electrons. The molecule has 2 aromatic heterocycles. The van der Waals surface area contributed by atoms with Crippen LogP contribution in [0.3, 0.4) is 0 Å². The Bertz CT molecular complexity index is 993. The Balaban J connectivity index is 1.80. The maximum atomic E-state index is 13.3. The average Bonchev–Trinajstić information content (AvgIpc) is 2.96. The zero-order chi connectivity index (χ0) is 16.8. The van der Waals surface area contributed by atoms with Gasteiger partial charge in [-0.3, -0.25) is 14.6 Å². The summed E-state index contributed by atoms with van der Waals surface area (Å²) in [4.78, 5) is 28.9. The molecule has 0 N–H and O–H groups in total. The molecule has 1 aromatic carbocycles. The maximum absolute atomic E-state index is 13.3. The third kappa shape index (κ3) is 2.11. The van der Waals surface area contributed by atoms with Crippen molar-refractivity contribution >= 4 is 11.6 Å². The van der Waals surface area contributed by atoms with Gasteiger partial charge in [-0.25, -0.2) is 13.5 Å². The molecule has 0 fully saturated rings. The van der Waals surface area contributed by atoms with Crippen molar-refractivity contribution in [3.63, 3.8) is 0 Å². The van der Waals surface area contributed by atoms with Crippen molar-refractivity contribution in [2.45, 2.75) is 6.54 Å². The van der Waals surface area contributed by atoms with E-state index in [4.69, 9.17) is 0 Å². The molecule has 0 atom stereocenters. The summed E-state index contributed by atoms with van der Waals surface area (Å²) >= 11 is 0. The number of pyridine rings is 1. The molecule has 0 saturated heterocycles. The number of ketones is 2. The number of benzene rings is 1. The summed E-state index contributed by atoms with van der Waals surface area (Å²) in [5, 5.41) is 7.54. The van der Waals surface area contributed by atoms with Crippen molar-refractivity contribution in [2.24, 2.45) is 0 Å². The van der Waals surface area contributed by atoms with E-state index in [1.807, 2.05) is 0 Å².